The van der Waals surface area contributed by atoms with Gasteiger partial charge in [0, 0.05) is 68.6 Å². The Kier molecular flexibility index (Phi) is 21.9. The number of aromatic nitrogens is 3. The molecule has 2 aromatic heterocycles. The summed E-state index contributed by atoms with van der Waals surface area (Å²) in [5.41, 5.74) is 14.2. The summed E-state index contributed by atoms with van der Waals surface area (Å²) in [5.74, 6) is -4.29. The molecule has 420 valence electrons. The first-order chi connectivity index (χ1) is 37.9. The van der Waals surface area contributed by atoms with Crippen molar-refractivity contribution in [2.45, 2.75) is 83.5 Å². The summed E-state index contributed by atoms with van der Waals surface area (Å²) in [6, 6.07) is 10.4. The summed E-state index contributed by atoms with van der Waals surface area (Å²) in [5, 5.41) is 25.7. The molecule has 2 aliphatic rings. The number of carboxylic acids is 1. The van der Waals surface area contributed by atoms with Gasteiger partial charge in [-0.25, -0.2) is 24.4 Å². The molecule has 4 aromatic rings. The van der Waals surface area contributed by atoms with Gasteiger partial charge in [-0.2, -0.15) is 0 Å². The SMILES string of the molecule is CC(C)C(NC(=O)CCCCCN1C(=O)C=CC1=O)C(=O)N[C@@H](CCCNC(N)=O)C(=O)Nc1ccc(COC(=O)N[C@H](CCOc2ccc(-c3cnc(N)c(C(=O)Nc4cnccc4N4CCOCC4)n3)cc2)C(=O)O)cc1. The Hall–Kier alpha value is -9.20. The zero-order valence-electron chi connectivity index (χ0n) is 43.7. The summed E-state index contributed by atoms with van der Waals surface area (Å²) < 4.78 is 16.5. The first-order valence-corrected chi connectivity index (χ1v) is 25.6. The topological polar surface area (TPSA) is 371 Å². The van der Waals surface area contributed by atoms with Crippen LogP contribution in [0.3, 0.4) is 0 Å². The third kappa shape index (κ3) is 18.2. The number of unbranched alkanes of at least 4 members (excludes halogenated alkanes) is 2. The molecule has 2 aliphatic heterocycles. The molecule has 79 heavy (non-hydrogen) atoms. The van der Waals surface area contributed by atoms with Crippen LogP contribution in [0.1, 0.15) is 74.8 Å². The van der Waals surface area contributed by atoms with Crippen molar-refractivity contribution < 1.29 is 62.5 Å². The number of nitrogens with one attached hydrogen (secondary N) is 6. The fourth-order valence-electron chi connectivity index (χ4n) is 8.18. The van der Waals surface area contributed by atoms with Gasteiger partial charge >= 0.3 is 18.1 Å². The van der Waals surface area contributed by atoms with Crippen LogP contribution in [0.15, 0.2) is 85.3 Å². The molecule has 6 rings (SSSR count). The number of nitrogen functional groups attached to an aromatic ring is 1. The van der Waals surface area contributed by atoms with Crippen molar-refractivity contribution >= 4 is 76.4 Å². The minimum absolute atomic E-state index is 0.0693. The summed E-state index contributed by atoms with van der Waals surface area (Å²) in [4.78, 5) is 129. The van der Waals surface area contributed by atoms with E-state index >= 15 is 0 Å². The van der Waals surface area contributed by atoms with Crippen molar-refractivity contribution in [2.24, 2.45) is 11.7 Å². The molecule has 0 radical (unpaired) electrons. The van der Waals surface area contributed by atoms with Crippen LogP contribution >= 0.6 is 0 Å². The van der Waals surface area contributed by atoms with Crippen molar-refractivity contribution in [2.75, 3.05) is 67.3 Å². The van der Waals surface area contributed by atoms with Gasteiger partial charge in [-0.05, 0) is 79.6 Å². The number of ether oxygens (including phenoxy) is 3. The number of morpholine rings is 1. The molecule has 26 heteroatoms. The number of pyridine rings is 1. The number of aliphatic carboxylic acids is 1. The number of benzene rings is 2. The van der Waals surface area contributed by atoms with Crippen LogP contribution in [0, 0.1) is 5.92 Å². The lowest BCUT2D eigenvalue weighted by Crippen LogP contribution is -2.54. The highest BCUT2D eigenvalue weighted by atomic mass is 16.5. The van der Waals surface area contributed by atoms with E-state index in [0.29, 0.717) is 79.5 Å². The number of rotatable bonds is 28. The zero-order chi connectivity index (χ0) is 56.8. The average molecular weight is 1090 g/mol. The Bertz CT molecular complexity index is 2830. The van der Waals surface area contributed by atoms with Crippen molar-refractivity contribution in [1.82, 2.24) is 41.1 Å². The van der Waals surface area contributed by atoms with Crippen LogP contribution < -0.4 is 53.0 Å². The molecule has 26 nitrogen and oxygen atoms in total. The quantitative estimate of drug-likeness (QED) is 0.0292. The molecule has 0 saturated carbocycles. The smallest absolute Gasteiger partial charge is 0.408 e. The summed E-state index contributed by atoms with van der Waals surface area (Å²) in [7, 11) is 0. The number of hydrogen-bond donors (Lipinski definition) is 9. The number of primary amides is 1. The average Bonchev–Trinajstić information content (AvgIpc) is 3.76. The van der Waals surface area contributed by atoms with Crippen LogP contribution in [0.25, 0.3) is 11.3 Å². The minimum atomic E-state index is -1.37. The first-order valence-electron chi connectivity index (χ1n) is 25.6. The van der Waals surface area contributed by atoms with Gasteiger partial charge in [0.1, 0.15) is 30.5 Å². The molecule has 9 amide bonds. The van der Waals surface area contributed by atoms with Crippen molar-refractivity contribution in [1.29, 1.82) is 0 Å². The fraction of sp³-hybridized carbons (Fsp3) is 0.396. The number of nitrogens with two attached hydrogens (primary N) is 2. The largest absolute Gasteiger partial charge is 0.494 e. The van der Waals surface area contributed by atoms with Gasteiger partial charge in [0.25, 0.3) is 17.7 Å². The van der Waals surface area contributed by atoms with Crippen molar-refractivity contribution in [3.8, 4) is 17.0 Å². The lowest BCUT2D eigenvalue weighted by atomic mass is 10.0. The highest BCUT2D eigenvalue weighted by Gasteiger charge is 2.30. The lowest BCUT2D eigenvalue weighted by Gasteiger charge is -2.30. The van der Waals surface area contributed by atoms with Crippen LogP contribution in [0.4, 0.5) is 32.5 Å². The third-order valence-corrected chi connectivity index (χ3v) is 12.5. The monoisotopic (exact) mass is 1090 g/mol. The summed E-state index contributed by atoms with van der Waals surface area (Å²) >= 11 is 0. The number of nitrogens with zero attached hydrogens (tertiary/aromatic N) is 5. The second kappa shape index (κ2) is 29.4. The van der Waals surface area contributed by atoms with Crippen LogP contribution in [0.2, 0.25) is 0 Å². The van der Waals surface area contributed by atoms with E-state index in [1.165, 1.54) is 30.5 Å². The predicted molar refractivity (Wildman–Crippen MR) is 287 cm³/mol. The Balaban J connectivity index is 0.941. The van der Waals surface area contributed by atoms with Gasteiger partial charge in [0.15, 0.2) is 11.5 Å². The Morgan fingerprint density at radius 1 is 0.810 bits per heavy atom. The second-order valence-electron chi connectivity index (χ2n) is 18.7. The zero-order valence-corrected chi connectivity index (χ0v) is 43.7. The number of anilines is 4. The molecule has 2 aromatic carbocycles. The fourth-order valence-corrected chi connectivity index (χ4v) is 8.18. The molecule has 0 spiro atoms. The maximum Gasteiger partial charge on any atom is 0.408 e. The highest BCUT2D eigenvalue weighted by Crippen LogP contribution is 2.27. The first kappa shape index (κ1) is 59.1. The molecule has 11 N–H and O–H groups in total. The minimum Gasteiger partial charge on any atom is -0.494 e. The Labute approximate surface area is 454 Å². The van der Waals surface area contributed by atoms with Crippen LogP contribution in [-0.4, -0.2) is 143 Å². The van der Waals surface area contributed by atoms with E-state index in [1.54, 1.807) is 68.7 Å². The maximum atomic E-state index is 13.6. The summed E-state index contributed by atoms with van der Waals surface area (Å²) in [6.45, 7) is 5.88. The molecule has 1 unspecified atom stereocenters. The van der Waals surface area contributed by atoms with E-state index in [4.69, 9.17) is 25.7 Å². The second-order valence-corrected chi connectivity index (χ2v) is 18.7. The van der Waals surface area contributed by atoms with Gasteiger partial charge in [-0.15, -0.1) is 0 Å². The molecular formula is C53H65N13O13. The molecule has 1 fully saturated rings. The molecule has 4 heterocycles. The standard InChI is InChI=1S/C53H65N13O13/c1-32(2)45(64-42(67)8-4-3-5-23-66-43(68)17-18-44(66)69)49(71)61-37(7-6-21-57-52(55)75)48(70)59-35-13-9-33(10-14-35)31-79-53(76)63-38(51(73)74)20-26-78-36-15-11-34(12-16-36)39-30-58-47(54)46(60-39)50(72)62-40-29-56-22-19-41(40)65-24-27-77-28-25-65/h9-19,22,29-30,32,37-38,45H,3-8,20-21,23-28,31H2,1-2H3,(H2,54,58)(H,59,70)(H,61,71)(H,62,72)(H,63,76)(H,64,67)(H,73,74)(H3,55,57,75)/t37-,38+,45?/m0/s1. The third-order valence-electron chi connectivity index (χ3n) is 12.5. The number of imide groups is 1. The molecular weight excluding hydrogens is 1030 g/mol. The maximum absolute atomic E-state index is 13.6. The van der Waals surface area contributed by atoms with E-state index in [9.17, 15) is 48.3 Å². The summed E-state index contributed by atoms with van der Waals surface area (Å²) in [6.07, 6.45) is 7.85. The van der Waals surface area contributed by atoms with Gasteiger partial charge < -0.3 is 67.6 Å². The number of carbonyl (C=O) groups excluding carboxylic acids is 8. The van der Waals surface area contributed by atoms with E-state index in [0.717, 1.165) is 10.6 Å². The normalized spacial score (nSPS) is 14.2. The van der Waals surface area contributed by atoms with Crippen molar-refractivity contribution in [3.05, 3.63) is 96.6 Å². The molecule has 3 atom stereocenters. The van der Waals surface area contributed by atoms with Crippen LogP contribution in [0.5, 0.6) is 5.75 Å². The number of carboxylic acid groups (broad SMARTS) is 1. The van der Waals surface area contributed by atoms with E-state index in [1.807, 2.05) is 0 Å². The van der Waals surface area contributed by atoms with Crippen LogP contribution in [-0.2, 0) is 44.8 Å². The predicted octanol–water partition coefficient (Wildman–Crippen LogP) is 2.86. The van der Waals surface area contributed by atoms with E-state index < -0.39 is 59.8 Å². The van der Waals surface area contributed by atoms with Crippen molar-refractivity contribution in [3.63, 3.8) is 0 Å². The number of hydrogen-bond acceptors (Lipinski definition) is 17. The molecule has 0 aliphatic carbocycles. The number of carbonyl (C=O) groups is 9. The van der Waals surface area contributed by atoms with Gasteiger partial charge in [-0.3, -0.25) is 38.7 Å². The molecule has 1 saturated heterocycles. The van der Waals surface area contributed by atoms with E-state index in [2.05, 4.69) is 51.8 Å². The molecule has 0 bridgehead atoms. The Morgan fingerprint density at radius 3 is 2.22 bits per heavy atom. The van der Waals surface area contributed by atoms with E-state index in [-0.39, 0.29) is 81.2 Å². The van der Waals surface area contributed by atoms with Gasteiger partial charge in [0.05, 0.1) is 49.3 Å². The Morgan fingerprint density at radius 2 is 1.53 bits per heavy atom. The highest BCUT2D eigenvalue weighted by molar-refractivity contribution is 6.13. The lowest BCUT2D eigenvalue weighted by molar-refractivity contribution is -0.140. The number of amides is 9. The number of urea groups is 1. The van der Waals surface area contributed by atoms with Gasteiger partial charge in [-0.1, -0.05) is 32.4 Å². The number of alkyl carbamates (subject to hydrolysis) is 1. The van der Waals surface area contributed by atoms with Gasteiger partial charge in [0.2, 0.25) is 17.7 Å².